The van der Waals surface area contributed by atoms with Crippen molar-refractivity contribution < 1.29 is 4.74 Å². The summed E-state index contributed by atoms with van der Waals surface area (Å²) in [5.41, 5.74) is 1.34. The van der Waals surface area contributed by atoms with Crippen LogP contribution in [0, 0.1) is 5.92 Å². The van der Waals surface area contributed by atoms with E-state index in [0.717, 1.165) is 25.4 Å². The Labute approximate surface area is 146 Å². The summed E-state index contributed by atoms with van der Waals surface area (Å²) in [6.07, 6.45) is 7.88. The van der Waals surface area contributed by atoms with Gasteiger partial charge in [-0.15, -0.1) is 0 Å². The number of rotatable bonds is 6. The van der Waals surface area contributed by atoms with Crippen molar-refractivity contribution in [1.29, 1.82) is 0 Å². The number of morpholine rings is 1. The number of likely N-dealkylation sites (tertiary alicyclic amines) is 1. The van der Waals surface area contributed by atoms with E-state index in [-0.39, 0.29) is 0 Å². The van der Waals surface area contributed by atoms with Crippen LogP contribution in [0.1, 0.15) is 38.8 Å². The lowest BCUT2D eigenvalue weighted by atomic mass is 9.93. The summed E-state index contributed by atoms with van der Waals surface area (Å²) in [5.74, 6) is 0.909. The molecule has 0 saturated carbocycles. The molecule has 0 spiro atoms. The third-order valence-corrected chi connectivity index (χ3v) is 5.66. The van der Waals surface area contributed by atoms with Crippen LogP contribution in [0.3, 0.4) is 0 Å². The zero-order valence-electron chi connectivity index (χ0n) is 15.7. The average Bonchev–Trinajstić information content (AvgIpc) is 2.96. The van der Waals surface area contributed by atoms with Gasteiger partial charge in [-0.2, -0.15) is 5.10 Å². The van der Waals surface area contributed by atoms with Crippen molar-refractivity contribution in [2.24, 2.45) is 13.0 Å². The molecular formula is C19H34N4O. The molecule has 136 valence electrons. The molecule has 2 saturated heterocycles. The molecule has 0 N–H and O–H groups in total. The predicted octanol–water partition coefficient (Wildman–Crippen LogP) is 2.17. The Morgan fingerprint density at radius 1 is 1.08 bits per heavy atom. The van der Waals surface area contributed by atoms with Crippen LogP contribution in [0.15, 0.2) is 12.3 Å². The summed E-state index contributed by atoms with van der Waals surface area (Å²) in [7, 11) is 2.04. The first-order chi connectivity index (χ1) is 11.6. The molecular weight excluding hydrogens is 300 g/mol. The average molecular weight is 335 g/mol. The number of aryl methyl sites for hydroxylation is 1. The summed E-state index contributed by atoms with van der Waals surface area (Å²) in [4.78, 5) is 5.23. The first-order valence-corrected chi connectivity index (χ1v) is 9.67. The van der Waals surface area contributed by atoms with Crippen molar-refractivity contribution in [2.45, 2.75) is 51.7 Å². The summed E-state index contributed by atoms with van der Waals surface area (Å²) < 4.78 is 7.83. The number of aromatic nitrogens is 2. The molecule has 2 atom stereocenters. The highest BCUT2D eigenvalue weighted by molar-refractivity contribution is 5.00. The second kappa shape index (κ2) is 8.45. The zero-order chi connectivity index (χ0) is 16.9. The van der Waals surface area contributed by atoms with Crippen molar-refractivity contribution in [2.75, 3.05) is 39.3 Å². The fourth-order valence-corrected chi connectivity index (χ4v) is 4.25. The third kappa shape index (κ3) is 5.04. The lowest BCUT2D eigenvalue weighted by Crippen LogP contribution is -2.46. The normalized spacial score (nSPS) is 27.6. The van der Waals surface area contributed by atoms with Gasteiger partial charge < -0.3 is 9.64 Å². The topological polar surface area (TPSA) is 33.5 Å². The van der Waals surface area contributed by atoms with E-state index in [1.165, 1.54) is 51.1 Å². The van der Waals surface area contributed by atoms with E-state index in [2.05, 4.69) is 34.8 Å². The van der Waals surface area contributed by atoms with Gasteiger partial charge in [-0.25, -0.2) is 0 Å². The van der Waals surface area contributed by atoms with Gasteiger partial charge in [0.05, 0.1) is 12.2 Å². The number of hydrogen-bond donors (Lipinski definition) is 0. The Morgan fingerprint density at radius 3 is 2.42 bits per heavy atom. The lowest BCUT2D eigenvalue weighted by molar-refractivity contribution is -0.0693. The van der Waals surface area contributed by atoms with Crippen LogP contribution in [0.2, 0.25) is 0 Å². The first-order valence-electron chi connectivity index (χ1n) is 9.67. The van der Waals surface area contributed by atoms with Crippen molar-refractivity contribution in [3.05, 3.63) is 18.0 Å². The minimum Gasteiger partial charge on any atom is -0.373 e. The van der Waals surface area contributed by atoms with E-state index in [1.54, 1.807) is 0 Å². The summed E-state index contributed by atoms with van der Waals surface area (Å²) in [6.45, 7) is 11.5. The van der Waals surface area contributed by atoms with Gasteiger partial charge in [-0.3, -0.25) is 9.58 Å². The minimum absolute atomic E-state index is 0.391. The molecule has 5 nitrogen and oxygen atoms in total. The fourth-order valence-electron chi connectivity index (χ4n) is 4.25. The van der Waals surface area contributed by atoms with Gasteiger partial charge in [0.15, 0.2) is 0 Å². The standard InChI is InChI=1S/C19H34N4O/c1-16-14-23(15-17(2)24-16)12-7-18-5-10-22(11-6-18)13-8-19-4-9-20-21(19)3/h4,9,16-18H,5-8,10-15H2,1-3H3/t16-,17+. The maximum absolute atomic E-state index is 5.83. The summed E-state index contributed by atoms with van der Waals surface area (Å²) in [6, 6.07) is 2.14. The molecule has 0 aromatic carbocycles. The highest BCUT2D eigenvalue weighted by atomic mass is 16.5. The first kappa shape index (κ1) is 17.9. The maximum atomic E-state index is 5.83. The number of ether oxygens (including phenoxy) is 1. The largest absolute Gasteiger partial charge is 0.373 e. The van der Waals surface area contributed by atoms with E-state index >= 15 is 0 Å². The molecule has 3 rings (SSSR count). The predicted molar refractivity (Wildman–Crippen MR) is 97.1 cm³/mol. The van der Waals surface area contributed by atoms with Crippen molar-refractivity contribution in [1.82, 2.24) is 19.6 Å². The minimum atomic E-state index is 0.391. The van der Waals surface area contributed by atoms with Gasteiger partial charge in [0, 0.05) is 45.0 Å². The van der Waals surface area contributed by atoms with Crippen molar-refractivity contribution in [3.8, 4) is 0 Å². The van der Waals surface area contributed by atoms with Gasteiger partial charge >= 0.3 is 0 Å². The van der Waals surface area contributed by atoms with E-state index in [0.29, 0.717) is 12.2 Å². The number of nitrogens with zero attached hydrogens (tertiary/aromatic N) is 4. The molecule has 3 heterocycles. The van der Waals surface area contributed by atoms with E-state index in [1.807, 2.05) is 17.9 Å². The van der Waals surface area contributed by atoms with Crippen molar-refractivity contribution in [3.63, 3.8) is 0 Å². The molecule has 2 aliphatic heterocycles. The van der Waals surface area contributed by atoms with Crippen LogP contribution < -0.4 is 0 Å². The van der Waals surface area contributed by atoms with Crippen LogP contribution in [-0.4, -0.2) is 71.1 Å². The van der Waals surface area contributed by atoms with Gasteiger partial charge in [0.25, 0.3) is 0 Å². The van der Waals surface area contributed by atoms with Gasteiger partial charge in [-0.05, 0) is 64.7 Å². The molecule has 0 unspecified atom stereocenters. The van der Waals surface area contributed by atoms with Crippen LogP contribution >= 0.6 is 0 Å². The maximum Gasteiger partial charge on any atom is 0.0678 e. The van der Waals surface area contributed by atoms with E-state index in [4.69, 9.17) is 4.74 Å². The molecule has 24 heavy (non-hydrogen) atoms. The van der Waals surface area contributed by atoms with Crippen LogP contribution in [-0.2, 0) is 18.2 Å². The second-order valence-corrected chi connectivity index (χ2v) is 7.79. The van der Waals surface area contributed by atoms with Gasteiger partial charge in [0.1, 0.15) is 0 Å². The van der Waals surface area contributed by atoms with E-state index < -0.39 is 0 Å². The number of piperidine rings is 1. The molecule has 0 amide bonds. The van der Waals surface area contributed by atoms with Crippen LogP contribution in [0.25, 0.3) is 0 Å². The van der Waals surface area contributed by atoms with E-state index in [9.17, 15) is 0 Å². The smallest absolute Gasteiger partial charge is 0.0678 e. The fraction of sp³-hybridized carbons (Fsp3) is 0.842. The Kier molecular flexibility index (Phi) is 6.31. The zero-order valence-corrected chi connectivity index (χ0v) is 15.7. The molecule has 0 bridgehead atoms. The Balaban J connectivity index is 1.32. The summed E-state index contributed by atoms with van der Waals surface area (Å²) in [5, 5.41) is 4.26. The SMILES string of the molecule is C[C@@H]1CN(CCC2CCN(CCc3ccnn3C)CC2)C[C@H](C)O1. The third-order valence-electron chi connectivity index (χ3n) is 5.66. The molecule has 0 radical (unpaired) electrons. The monoisotopic (exact) mass is 334 g/mol. The van der Waals surface area contributed by atoms with Crippen LogP contribution in [0.5, 0.6) is 0 Å². The number of hydrogen-bond acceptors (Lipinski definition) is 4. The second-order valence-electron chi connectivity index (χ2n) is 7.79. The molecule has 1 aromatic rings. The Bertz CT molecular complexity index is 485. The Morgan fingerprint density at radius 2 is 1.79 bits per heavy atom. The molecule has 2 aliphatic rings. The van der Waals surface area contributed by atoms with Crippen LogP contribution in [0.4, 0.5) is 0 Å². The highest BCUT2D eigenvalue weighted by Crippen LogP contribution is 2.22. The molecule has 2 fully saturated rings. The molecule has 5 heteroatoms. The highest BCUT2D eigenvalue weighted by Gasteiger charge is 2.24. The van der Waals surface area contributed by atoms with Gasteiger partial charge in [-0.1, -0.05) is 0 Å². The summed E-state index contributed by atoms with van der Waals surface area (Å²) >= 11 is 0. The van der Waals surface area contributed by atoms with Gasteiger partial charge in [0.2, 0.25) is 0 Å². The molecule has 1 aromatic heterocycles. The molecule has 0 aliphatic carbocycles. The lowest BCUT2D eigenvalue weighted by Gasteiger charge is -2.37. The quantitative estimate of drug-likeness (QED) is 0.798. The van der Waals surface area contributed by atoms with Crippen molar-refractivity contribution >= 4 is 0 Å². The Hall–Kier alpha value is -0.910.